The number of amides is 1. The number of carbonyl (C=O) groups excluding carboxylic acids is 1. The SMILES string of the molecule is Cc1[nH]c(=O)c(C#N)c(C)c1CCC(=O)NC1CCCCCCC1. The lowest BCUT2D eigenvalue weighted by atomic mass is 9.96. The van der Waals surface area contributed by atoms with Crippen molar-refractivity contribution in [3.05, 3.63) is 32.7 Å². The number of carbonyl (C=O) groups is 1. The smallest absolute Gasteiger partial charge is 0.266 e. The maximum atomic E-state index is 12.3. The van der Waals surface area contributed by atoms with E-state index in [9.17, 15) is 9.59 Å². The highest BCUT2D eigenvalue weighted by molar-refractivity contribution is 5.76. The summed E-state index contributed by atoms with van der Waals surface area (Å²) >= 11 is 0. The quantitative estimate of drug-likeness (QED) is 0.890. The second-order valence-electron chi connectivity index (χ2n) is 6.78. The van der Waals surface area contributed by atoms with E-state index in [1.54, 1.807) is 6.92 Å². The molecule has 0 unspecified atom stereocenters. The molecule has 0 bridgehead atoms. The van der Waals surface area contributed by atoms with Gasteiger partial charge in [0.15, 0.2) is 0 Å². The van der Waals surface area contributed by atoms with Gasteiger partial charge in [0.25, 0.3) is 5.56 Å². The molecule has 1 aliphatic carbocycles. The molecule has 0 radical (unpaired) electrons. The Bertz CT molecular complexity index is 677. The number of nitrogens with zero attached hydrogens (tertiary/aromatic N) is 1. The Labute approximate surface area is 143 Å². The van der Waals surface area contributed by atoms with Crippen LogP contribution >= 0.6 is 0 Å². The van der Waals surface area contributed by atoms with Crippen molar-refractivity contribution >= 4 is 5.91 Å². The molecule has 5 heteroatoms. The van der Waals surface area contributed by atoms with Crippen LogP contribution < -0.4 is 10.9 Å². The van der Waals surface area contributed by atoms with E-state index < -0.39 is 0 Å². The number of hydrogen-bond donors (Lipinski definition) is 2. The molecule has 5 nitrogen and oxygen atoms in total. The van der Waals surface area contributed by atoms with Gasteiger partial charge in [0.1, 0.15) is 11.6 Å². The second-order valence-corrected chi connectivity index (χ2v) is 6.78. The second kappa shape index (κ2) is 8.68. The minimum atomic E-state index is -0.352. The van der Waals surface area contributed by atoms with E-state index in [-0.39, 0.29) is 17.0 Å². The molecule has 1 amide bonds. The number of nitrogens with one attached hydrogen (secondary N) is 2. The first kappa shape index (κ1) is 18.3. The predicted molar refractivity (Wildman–Crippen MR) is 93.8 cm³/mol. The van der Waals surface area contributed by atoms with Crippen LogP contribution in [0.4, 0.5) is 0 Å². The number of aromatic nitrogens is 1. The molecule has 2 N–H and O–H groups in total. The van der Waals surface area contributed by atoms with Gasteiger partial charge in [0, 0.05) is 18.2 Å². The van der Waals surface area contributed by atoms with Gasteiger partial charge in [0.05, 0.1) is 0 Å². The monoisotopic (exact) mass is 329 g/mol. The summed E-state index contributed by atoms with van der Waals surface area (Å²) in [5.74, 6) is 0.0593. The van der Waals surface area contributed by atoms with Crippen LogP contribution in [0.2, 0.25) is 0 Å². The molecule has 24 heavy (non-hydrogen) atoms. The van der Waals surface area contributed by atoms with Crippen molar-refractivity contribution in [3.63, 3.8) is 0 Å². The van der Waals surface area contributed by atoms with Crippen molar-refractivity contribution in [3.8, 4) is 6.07 Å². The summed E-state index contributed by atoms with van der Waals surface area (Å²) in [5.41, 5.74) is 2.14. The highest BCUT2D eigenvalue weighted by atomic mass is 16.1. The highest BCUT2D eigenvalue weighted by Gasteiger charge is 2.16. The van der Waals surface area contributed by atoms with Crippen molar-refractivity contribution in [1.82, 2.24) is 10.3 Å². The fraction of sp³-hybridized carbons (Fsp3) is 0.632. The van der Waals surface area contributed by atoms with Crippen molar-refractivity contribution < 1.29 is 4.79 Å². The van der Waals surface area contributed by atoms with Gasteiger partial charge in [0.2, 0.25) is 5.91 Å². The summed E-state index contributed by atoms with van der Waals surface area (Å²) < 4.78 is 0. The van der Waals surface area contributed by atoms with Crippen molar-refractivity contribution in [1.29, 1.82) is 5.26 Å². The summed E-state index contributed by atoms with van der Waals surface area (Å²) in [5, 5.41) is 12.3. The highest BCUT2D eigenvalue weighted by Crippen LogP contribution is 2.18. The molecule has 1 fully saturated rings. The Morgan fingerprint density at radius 3 is 2.46 bits per heavy atom. The van der Waals surface area contributed by atoms with Crippen LogP contribution in [0, 0.1) is 25.2 Å². The van der Waals surface area contributed by atoms with Crippen molar-refractivity contribution in [2.24, 2.45) is 0 Å². The van der Waals surface area contributed by atoms with Gasteiger partial charge in [-0.2, -0.15) is 5.26 Å². The van der Waals surface area contributed by atoms with Crippen molar-refractivity contribution in [2.45, 2.75) is 77.7 Å². The van der Waals surface area contributed by atoms with E-state index in [4.69, 9.17) is 5.26 Å². The summed E-state index contributed by atoms with van der Waals surface area (Å²) in [6.45, 7) is 3.60. The zero-order valence-electron chi connectivity index (χ0n) is 14.7. The van der Waals surface area contributed by atoms with Crippen molar-refractivity contribution in [2.75, 3.05) is 0 Å². The summed E-state index contributed by atoms with van der Waals surface area (Å²) in [6, 6.07) is 2.25. The molecule has 0 aromatic carbocycles. The largest absolute Gasteiger partial charge is 0.353 e. The molecule has 1 aromatic rings. The third kappa shape index (κ3) is 4.70. The molecule has 2 rings (SSSR count). The molecule has 1 aromatic heterocycles. The first-order valence-electron chi connectivity index (χ1n) is 8.94. The van der Waals surface area contributed by atoms with Gasteiger partial charge in [-0.1, -0.05) is 32.1 Å². The molecule has 130 valence electrons. The Morgan fingerprint density at radius 1 is 1.21 bits per heavy atom. The average molecular weight is 329 g/mol. The number of nitriles is 1. The van der Waals surface area contributed by atoms with Gasteiger partial charge >= 0.3 is 0 Å². The van der Waals surface area contributed by atoms with Crippen LogP contribution in [0.15, 0.2) is 4.79 Å². The van der Waals surface area contributed by atoms with Crippen LogP contribution in [0.25, 0.3) is 0 Å². The number of H-pyrrole nitrogens is 1. The summed E-state index contributed by atoms with van der Waals surface area (Å²) in [7, 11) is 0. The van der Waals surface area contributed by atoms with E-state index in [0.717, 1.165) is 24.1 Å². The number of rotatable bonds is 4. The lowest BCUT2D eigenvalue weighted by molar-refractivity contribution is -0.121. The van der Waals surface area contributed by atoms with Crippen LogP contribution in [-0.2, 0) is 11.2 Å². The van der Waals surface area contributed by atoms with Gasteiger partial charge < -0.3 is 10.3 Å². The maximum Gasteiger partial charge on any atom is 0.266 e. The third-order valence-electron chi connectivity index (χ3n) is 4.99. The Balaban J connectivity index is 1.96. The molecule has 1 aliphatic rings. The van der Waals surface area contributed by atoms with Crippen LogP contribution in [0.1, 0.15) is 73.8 Å². The summed E-state index contributed by atoms with van der Waals surface area (Å²) in [4.78, 5) is 26.7. The maximum absolute atomic E-state index is 12.3. The molecule has 1 saturated carbocycles. The zero-order valence-corrected chi connectivity index (χ0v) is 14.7. The van der Waals surface area contributed by atoms with E-state index in [1.807, 2.05) is 13.0 Å². The standard InChI is InChI=1S/C19H27N3O2/c1-13-16(14(2)21-19(24)17(13)12-20)10-11-18(23)22-15-8-6-4-3-5-7-9-15/h15H,3-11H2,1-2H3,(H,21,24)(H,22,23). The van der Waals surface area contributed by atoms with E-state index in [2.05, 4.69) is 10.3 Å². The summed E-state index contributed by atoms with van der Waals surface area (Å²) in [6.07, 6.45) is 9.28. The number of hydrogen-bond acceptors (Lipinski definition) is 3. The normalized spacial score (nSPS) is 16.0. The molecular formula is C19H27N3O2. The van der Waals surface area contributed by atoms with Gasteiger partial charge in [-0.05, 0) is 44.2 Å². The first-order chi connectivity index (χ1) is 11.5. The Morgan fingerprint density at radius 2 is 1.83 bits per heavy atom. The van der Waals surface area contributed by atoms with E-state index in [1.165, 1.54) is 32.1 Å². The lowest BCUT2D eigenvalue weighted by Gasteiger charge is -2.21. The first-order valence-corrected chi connectivity index (χ1v) is 8.94. The molecule has 0 aliphatic heterocycles. The fourth-order valence-corrected chi connectivity index (χ4v) is 3.56. The fourth-order valence-electron chi connectivity index (χ4n) is 3.56. The minimum Gasteiger partial charge on any atom is -0.353 e. The molecule has 1 heterocycles. The van der Waals surface area contributed by atoms with Gasteiger partial charge in [-0.3, -0.25) is 9.59 Å². The zero-order chi connectivity index (χ0) is 17.5. The predicted octanol–water partition coefficient (Wildman–Crippen LogP) is 3.03. The van der Waals surface area contributed by atoms with Gasteiger partial charge in [-0.25, -0.2) is 0 Å². The number of pyridine rings is 1. The van der Waals surface area contributed by atoms with Crippen LogP contribution in [0.5, 0.6) is 0 Å². The van der Waals surface area contributed by atoms with Crippen LogP contribution in [0.3, 0.4) is 0 Å². The number of aromatic amines is 1. The lowest BCUT2D eigenvalue weighted by Crippen LogP contribution is -2.35. The molecule has 0 atom stereocenters. The third-order valence-corrected chi connectivity index (χ3v) is 4.99. The van der Waals surface area contributed by atoms with Crippen LogP contribution in [-0.4, -0.2) is 16.9 Å². The Kier molecular flexibility index (Phi) is 6.60. The van der Waals surface area contributed by atoms with E-state index >= 15 is 0 Å². The molecule has 0 spiro atoms. The Hall–Kier alpha value is -2.09. The average Bonchev–Trinajstić information content (AvgIpc) is 2.49. The van der Waals surface area contributed by atoms with E-state index in [0.29, 0.717) is 24.4 Å². The molecular weight excluding hydrogens is 302 g/mol. The van der Waals surface area contributed by atoms with Gasteiger partial charge in [-0.15, -0.1) is 0 Å². The topological polar surface area (TPSA) is 85.8 Å². The molecule has 0 saturated heterocycles. The minimum absolute atomic E-state index is 0.0593. The number of aryl methyl sites for hydroxylation is 1.